The zero-order valence-electron chi connectivity index (χ0n) is 9.16. The minimum Gasteiger partial charge on any atom is -0.351 e. The van der Waals surface area contributed by atoms with Crippen LogP contribution in [0.4, 0.5) is 4.79 Å². The van der Waals surface area contributed by atoms with Crippen molar-refractivity contribution in [3.8, 4) is 0 Å². The molecule has 90 valence electrons. The summed E-state index contributed by atoms with van der Waals surface area (Å²) in [5, 5.41) is 2.50. The Morgan fingerprint density at radius 3 is 3.12 bits per heavy atom. The highest BCUT2D eigenvalue weighted by atomic mass is 32.2. The fourth-order valence-electron chi connectivity index (χ4n) is 0.947. The molecule has 0 saturated heterocycles. The van der Waals surface area contributed by atoms with Gasteiger partial charge >= 0.3 is 6.03 Å². The monoisotopic (exact) mass is 260 g/mol. The predicted octanol–water partition coefficient (Wildman–Crippen LogP) is 1.61. The van der Waals surface area contributed by atoms with E-state index in [4.69, 9.17) is 0 Å². The molecular weight excluding hydrogens is 244 g/mol. The second-order valence-corrected chi connectivity index (χ2v) is 5.00. The summed E-state index contributed by atoms with van der Waals surface area (Å²) in [6.07, 6.45) is 4.68. The van der Waals surface area contributed by atoms with Crippen LogP contribution >= 0.6 is 23.7 Å². The number of carbonyl (C=O) groups excluding carboxylic acids is 1. The topological polar surface area (TPSA) is 69.8 Å². The van der Waals surface area contributed by atoms with Gasteiger partial charge in [0, 0.05) is 24.8 Å². The lowest BCUT2D eigenvalue weighted by molar-refractivity contribution is 0.248. The van der Waals surface area contributed by atoms with Crippen molar-refractivity contribution in [2.45, 2.75) is 12.2 Å². The van der Waals surface area contributed by atoms with Gasteiger partial charge < -0.3 is 10.3 Å². The molecule has 0 aliphatic heterocycles. The quantitative estimate of drug-likeness (QED) is 0.514. The van der Waals surface area contributed by atoms with Crippen LogP contribution in [0, 0.1) is 0 Å². The highest BCUT2D eigenvalue weighted by Crippen LogP contribution is 2.11. The van der Waals surface area contributed by atoms with Crippen LogP contribution in [-0.2, 0) is 5.75 Å². The maximum absolute atomic E-state index is 10.8. The van der Waals surface area contributed by atoms with Gasteiger partial charge in [-0.15, -0.1) is 0 Å². The lowest BCUT2D eigenvalue weighted by Gasteiger charge is -2.02. The van der Waals surface area contributed by atoms with Crippen molar-refractivity contribution in [2.24, 2.45) is 0 Å². The van der Waals surface area contributed by atoms with E-state index < -0.39 is 0 Å². The highest BCUT2D eigenvalue weighted by Gasteiger charge is 1.97. The first kappa shape index (κ1) is 13.2. The predicted molar refractivity (Wildman–Crippen MR) is 69.4 cm³/mol. The van der Waals surface area contributed by atoms with E-state index in [0.29, 0.717) is 0 Å². The van der Waals surface area contributed by atoms with Crippen LogP contribution in [0.2, 0.25) is 0 Å². The number of hydrogen-bond donors (Lipinski definition) is 3. The van der Waals surface area contributed by atoms with Gasteiger partial charge in [-0.25, -0.2) is 9.78 Å². The Bertz CT molecular complexity index is 292. The first-order chi connectivity index (χ1) is 7.83. The molecule has 3 N–H and O–H groups in total. The number of nitrogens with zero attached hydrogens (tertiary/aromatic N) is 1. The van der Waals surface area contributed by atoms with Crippen LogP contribution in [0.3, 0.4) is 0 Å². The summed E-state index contributed by atoms with van der Waals surface area (Å²) in [6.45, 7) is 0. The zero-order valence-corrected chi connectivity index (χ0v) is 10.8. The summed E-state index contributed by atoms with van der Waals surface area (Å²) < 4.78 is 2.68. The molecule has 0 unspecified atom stereocenters. The van der Waals surface area contributed by atoms with Crippen molar-refractivity contribution in [1.29, 1.82) is 0 Å². The van der Waals surface area contributed by atoms with E-state index in [9.17, 15) is 4.79 Å². The van der Waals surface area contributed by atoms with E-state index in [-0.39, 0.29) is 6.03 Å². The van der Waals surface area contributed by atoms with E-state index in [1.165, 1.54) is 11.9 Å². The highest BCUT2D eigenvalue weighted by molar-refractivity contribution is 7.99. The zero-order chi connectivity index (χ0) is 11.6. The summed E-state index contributed by atoms with van der Waals surface area (Å²) in [5.74, 6) is 2.95. The number of hydrogen-bond acceptors (Lipinski definition) is 4. The minimum atomic E-state index is -0.144. The number of imidazole rings is 1. The molecule has 0 atom stereocenters. The minimum absolute atomic E-state index is 0.144. The Morgan fingerprint density at radius 2 is 2.44 bits per heavy atom. The molecule has 1 aromatic rings. The SMILES string of the molecule is CNC(=O)NSCCCSCc1c[nH]cn1. The van der Waals surface area contributed by atoms with Crippen LogP contribution in [-0.4, -0.2) is 34.6 Å². The second kappa shape index (κ2) is 8.35. The van der Waals surface area contributed by atoms with Gasteiger partial charge in [0.1, 0.15) is 0 Å². The summed E-state index contributed by atoms with van der Waals surface area (Å²) in [5.41, 5.74) is 1.08. The first-order valence-corrected chi connectivity index (χ1v) is 7.12. The number of H-pyrrole nitrogens is 1. The Labute approximate surface area is 104 Å². The fraction of sp³-hybridized carbons (Fsp3) is 0.556. The smallest absolute Gasteiger partial charge is 0.324 e. The van der Waals surface area contributed by atoms with E-state index in [2.05, 4.69) is 20.0 Å². The molecule has 0 saturated carbocycles. The van der Waals surface area contributed by atoms with Crippen molar-refractivity contribution in [1.82, 2.24) is 20.0 Å². The maximum atomic E-state index is 10.8. The molecule has 5 nitrogen and oxygen atoms in total. The van der Waals surface area contributed by atoms with Crippen LogP contribution in [0.1, 0.15) is 12.1 Å². The number of thioether (sulfide) groups is 1. The molecule has 0 spiro atoms. The lowest BCUT2D eigenvalue weighted by atomic mass is 10.6. The summed E-state index contributed by atoms with van der Waals surface area (Å²) in [6, 6.07) is -0.144. The third kappa shape index (κ3) is 5.92. The van der Waals surface area contributed by atoms with Crippen molar-refractivity contribution in [3.05, 3.63) is 18.2 Å². The Kier molecular flexibility index (Phi) is 6.91. The first-order valence-electron chi connectivity index (χ1n) is 4.98. The van der Waals surface area contributed by atoms with Gasteiger partial charge in [-0.2, -0.15) is 11.8 Å². The Hall–Kier alpha value is -0.820. The molecule has 1 aromatic heterocycles. The van der Waals surface area contributed by atoms with Gasteiger partial charge in [0.2, 0.25) is 0 Å². The normalized spacial score (nSPS) is 10.1. The molecule has 0 aliphatic rings. The van der Waals surface area contributed by atoms with Crippen molar-refractivity contribution in [2.75, 3.05) is 18.6 Å². The Balaban J connectivity index is 1.87. The third-order valence-corrected chi connectivity index (χ3v) is 3.63. The molecule has 0 aromatic carbocycles. The van der Waals surface area contributed by atoms with Crippen molar-refractivity contribution < 1.29 is 4.79 Å². The molecular formula is C9H16N4OS2. The number of amides is 2. The number of carbonyl (C=O) groups is 1. The van der Waals surface area contributed by atoms with Gasteiger partial charge in [0.25, 0.3) is 0 Å². The summed E-state index contributed by atoms with van der Waals surface area (Å²) >= 11 is 3.29. The van der Waals surface area contributed by atoms with E-state index >= 15 is 0 Å². The molecule has 1 rings (SSSR count). The molecule has 0 aliphatic carbocycles. The van der Waals surface area contributed by atoms with Gasteiger partial charge in [-0.3, -0.25) is 4.72 Å². The van der Waals surface area contributed by atoms with Gasteiger partial charge in [-0.1, -0.05) is 0 Å². The van der Waals surface area contributed by atoms with Crippen LogP contribution < -0.4 is 10.0 Å². The third-order valence-electron chi connectivity index (χ3n) is 1.73. The second-order valence-electron chi connectivity index (χ2n) is 3.00. The van der Waals surface area contributed by atoms with Gasteiger partial charge in [-0.05, 0) is 24.1 Å². The number of nitrogens with one attached hydrogen (secondary N) is 3. The fourth-order valence-corrected chi connectivity index (χ4v) is 2.61. The number of rotatable bonds is 7. The lowest BCUT2D eigenvalue weighted by Crippen LogP contribution is -2.27. The summed E-state index contributed by atoms with van der Waals surface area (Å²) in [7, 11) is 1.61. The molecule has 2 amide bonds. The largest absolute Gasteiger partial charge is 0.351 e. The van der Waals surface area contributed by atoms with E-state index in [1.54, 1.807) is 13.4 Å². The van der Waals surface area contributed by atoms with Crippen LogP contribution in [0.15, 0.2) is 12.5 Å². The van der Waals surface area contributed by atoms with Gasteiger partial charge in [0.15, 0.2) is 0 Å². The Morgan fingerprint density at radius 1 is 1.56 bits per heavy atom. The molecule has 0 radical (unpaired) electrons. The van der Waals surface area contributed by atoms with Crippen LogP contribution in [0.5, 0.6) is 0 Å². The molecule has 0 bridgehead atoms. The number of aromatic nitrogens is 2. The molecule has 0 fully saturated rings. The number of aromatic amines is 1. The molecule has 1 heterocycles. The van der Waals surface area contributed by atoms with Crippen LogP contribution in [0.25, 0.3) is 0 Å². The average Bonchev–Trinajstić information content (AvgIpc) is 2.80. The number of urea groups is 1. The van der Waals surface area contributed by atoms with Crippen molar-refractivity contribution >= 4 is 29.7 Å². The standard InChI is InChI=1S/C9H16N4OS2/c1-10-9(14)13-16-4-2-3-15-6-8-5-11-7-12-8/h5,7H,2-4,6H2,1H3,(H,11,12)(H2,10,13,14). The molecule has 7 heteroatoms. The average molecular weight is 260 g/mol. The summed E-state index contributed by atoms with van der Waals surface area (Å²) in [4.78, 5) is 17.9. The van der Waals surface area contributed by atoms with E-state index in [0.717, 1.165) is 29.4 Å². The van der Waals surface area contributed by atoms with Crippen molar-refractivity contribution in [3.63, 3.8) is 0 Å². The maximum Gasteiger partial charge on any atom is 0.324 e. The van der Waals surface area contributed by atoms with Gasteiger partial charge in [0.05, 0.1) is 12.0 Å². The van der Waals surface area contributed by atoms with E-state index in [1.807, 2.05) is 18.0 Å². The molecule has 16 heavy (non-hydrogen) atoms.